The Bertz CT molecular complexity index is 273. The molecule has 0 saturated heterocycles. The van der Waals surface area contributed by atoms with Gasteiger partial charge in [0.15, 0.2) is 0 Å². The molecule has 1 unspecified atom stereocenters. The summed E-state index contributed by atoms with van der Waals surface area (Å²) >= 11 is 0. The molecule has 0 spiro atoms. The molecule has 12 heavy (non-hydrogen) atoms. The summed E-state index contributed by atoms with van der Waals surface area (Å²) in [6, 6.07) is 4.44. The van der Waals surface area contributed by atoms with E-state index in [0.717, 1.165) is 12.1 Å². The van der Waals surface area contributed by atoms with Crippen molar-refractivity contribution in [3.8, 4) is 0 Å². The third-order valence-electron chi connectivity index (χ3n) is 1.73. The average Bonchev–Trinajstić information content (AvgIpc) is 2.08. The van der Waals surface area contributed by atoms with Gasteiger partial charge in [0.05, 0.1) is 0 Å². The number of rotatable bonds is 2. The van der Waals surface area contributed by atoms with Crippen molar-refractivity contribution in [3.05, 3.63) is 35.4 Å². The highest BCUT2D eigenvalue weighted by Crippen LogP contribution is 2.17. The fourth-order valence-corrected chi connectivity index (χ4v) is 0.943. The zero-order chi connectivity index (χ0) is 9.14. The van der Waals surface area contributed by atoms with Crippen molar-refractivity contribution in [2.24, 2.45) is 5.73 Å². The first-order valence-corrected chi connectivity index (χ1v) is 3.72. The highest BCUT2D eigenvalue weighted by Gasteiger charge is 2.10. The molecule has 0 fully saturated rings. The third-order valence-corrected chi connectivity index (χ3v) is 1.73. The largest absolute Gasteiger partial charge is 0.330 e. The Morgan fingerprint density at radius 3 is 2.75 bits per heavy atom. The lowest BCUT2D eigenvalue weighted by atomic mass is 10.0. The van der Waals surface area contributed by atoms with Gasteiger partial charge < -0.3 is 5.73 Å². The van der Waals surface area contributed by atoms with Gasteiger partial charge in [0, 0.05) is 11.6 Å². The molecular formula is C9H10F2N. The summed E-state index contributed by atoms with van der Waals surface area (Å²) < 4.78 is 25.5. The lowest BCUT2D eigenvalue weighted by Crippen LogP contribution is -2.10. The third kappa shape index (κ3) is 1.80. The Kier molecular flexibility index (Phi) is 2.76. The predicted octanol–water partition coefficient (Wildman–Crippen LogP) is 1.83. The highest BCUT2D eigenvalue weighted by molar-refractivity contribution is 5.20. The van der Waals surface area contributed by atoms with Gasteiger partial charge in [0.25, 0.3) is 0 Å². The minimum atomic E-state index is -0.549. The first-order chi connectivity index (χ1) is 5.65. The highest BCUT2D eigenvalue weighted by atomic mass is 19.1. The maximum atomic E-state index is 13.0. The Morgan fingerprint density at radius 1 is 1.50 bits per heavy atom. The zero-order valence-electron chi connectivity index (χ0n) is 6.77. The van der Waals surface area contributed by atoms with Crippen molar-refractivity contribution in [1.82, 2.24) is 0 Å². The van der Waals surface area contributed by atoms with Crippen LogP contribution in [0.25, 0.3) is 0 Å². The Labute approximate surface area is 70.2 Å². The van der Waals surface area contributed by atoms with Crippen molar-refractivity contribution in [2.45, 2.75) is 12.8 Å². The summed E-state index contributed by atoms with van der Waals surface area (Å²) in [5.41, 5.74) is 5.53. The lowest BCUT2D eigenvalue weighted by Gasteiger charge is -2.08. The number of hydrogen-bond donors (Lipinski definition) is 1. The Balaban J connectivity index is 3.04. The molecule has 0 aliphatic carbocycles. The molecule has 1 aromatic rings. The van der Waals surface area contributed by atoms with Gasteiger partial charge in [-0.25, -0.2) is 8.78 Å². The van der Waals surface area contributed by atoms with Crippen molar-refractivity contribution >= 4 is 0 Å². The van der Waals surface area contributed by atoms with Gasteiger partial charge >= 0.3 is 0 Å². The maximum absolute atomic E-state index is 13.0. The molecule has 1 rings (SSSR count). The van der Waals surface area contributed by atoms with E-state index < -0.39 is 11.6 Å². The summed E-state index contributed by atoms with van der Waals surface area (Å²) in [6.45, 7) is 2.02. The zero-order valence-corrected chi connectivity index (χ0v) is 6.77. The number of nitrogens with two attached hydrogens (primary N) is 1. The van der Waals surface area contributed by atoms with E-state index in [2.05, 4.69) is 6.07 Å². The minimum absolute atomic E-state index is 0.194. The van der Waals surface area contributed by atoms with E-state index >= 15 is 0 Å². The van der Waals surface area contributed by atoms with Crippen LogP contribution in [0.1, 0.15) is 18.4 Å². The molecular weight excluding hydrogens is 160 g/mol. The molecule has 0 bridgehead atoms. The summed E-state index contributed by atoms with van der Waals surface area (Å²) in [4.78, 5) is 0. The molecule has 0 saturated carbocycles. The SMILES string of the molecule is CC(CN)c1[c]c(F)ccc1F. The standard InChI is InChI=1S/C9H10F2N/c1-6(5-12)8-4-7(10)2-3-9(8)11/h2-3,6H,5,12H2,1H3. The van der Waals surface area contributed by atoms with Crippen LogP contribution in [0.15, 0.2) is 12.1 Å². The number of hydrogen-bond acceptors (Lipinski definition) is 1. The van der Waals surface area contributed by atoms with Crippen molar-refractivity contribution in [1.29, 1.82) is 0 Å². The van der Waals surface area contributed by atoms with Gasteiger partial charge in [-0.15, -0.1) is 0 Å². The predicted molar refractivity (Wildman–Crippen MR) is 42.7 cm³/mol. The van der Waals surface area contributed by atoms with Crippen LogP contribution in [0.5, 0.6) is 0 Å². The van der Waals surface area contributed by atoms with Gasteiger partial charge in [-0.05, 0) is 24.6 Å². The van der Waals surface area contributed by atoms with Crippen LogP contribution >= 0.6 is 0 Å². The van der Waals surface area contributed by atoms with Crippen LogP contribution in [0.4, 0.5) is 8.78 Å². The minimum Gasteiger partial charge on any atom is -0.330 e. The summed E-state index contributed by atoms with van der Waals surface area (Å²) in [7, 11) is 0. The smallest absolute Gasteiger partial charge is 0.131 e. The van der Waals surface area contributed by atoms with Crippen LogP contribution in [0.3, 0.4) is 0 Å². The monoisotopic (exact) mass is 170 g/mol. The topological polar surface area (TPSA) is 26.0 Å². The fraction of sp³-hybridized carbons (Fsp3) is 0.333. The van der Waals surface area contributed by atoms with E-state index in [9.17, 15) is 8.78 Å². The maximum Gasteiger partial charge on any atom is 0.131 e. The average molecular weight is 170 g/mol. The van der Waals surface area contributed by atoms with Gasteiger partial charge in [0.2, 0.25) is 0 Å². The van der Waals surface area contributed by atoms with Gasteiger partial charge in [-0.2, -0.15) is 0 Å². The second kappa shape index (κ2) is 3.63. The Morgan fingerprint density at radius 2 is 2.17 bits per heavy atom. The molecule has 0 aliphatic heterocycles. The quantitative estimate of drug-likeness (QED) is 0.719. The lowest BCUT2D eigenvalue weighted by molar-refractivity contribution is 0.567. The van der Waals surface area contributed by atoms with Gasteiger partial charge in [-0.3, -0.25) is 0 Å². The first kappa shape index (κ1) is 9.13. The molecule has 65 valence electrons. The van der Waals surface area contributed by atoms with Crippen LogP contribution < -0.4 is 5.73 Å². The number of benzene rings is 1. The Hall–Kier alpha value is -0.960. The summed E-state index contributed by atoms with van der Waals surface area (Å²) in [5, 5.41) is 0. The van der Waals surface area contributed by atoms with Gasteiger partial charge in [-0.1, -0.05) is 6.92 Å². The van der Waals surface area contributed by atoms with Crippen molar-refractivity contribution < 1.29 is 8.78 Å². The normalized spacial score (nSPS) is 13.0. The second-order valence-electron chi connectivity index (χ2n) is 2.70. The van der Waals surface area contributed by atoms with E-state index in [1.54, 1.807) is 6.92 Å². The van der Waals surface area contributed by atoms with Crippen molar-refractivity contribution in [3.63, 3.8) is 0 Å². The number of halogens is 2. The fourth-order valence-electron chi connectivity index (χ4n) is 0.943. The summed E-state index contributed by atoms with van der Waals surface area (Å²) in [6.07, 6.45) is 0. The first-order valence-electron chi connectivity index (χ1n) is 3.72. The van der Waals surface area contributed by atoms with E-state index in [4.69, 9.17) is 5.73 Å². The summed E-state index contributed by atoms with van der Waals surface area (Å²) in [5.74, 6) is -1.19. The van der Waals surface area contributed by atoms with Crippen LogP contribution in [-0.4, -0.2) is 6.54 Å². The second-order valence-corrected chi connectivity index (χ2v) is 2.70. The van der Waals surface area contributed by atoms with E-state index in [1.165, 1.54) is 0 Å². The van der Waals surface area contributed by atoms with Gasteiger partial charge in [0.1, 0.15) is 11.6 Å². The molecule has 0 heterocycles. The molecule has 1 atom stereocenters. The molecule has 2 N–H and O–H groups in total. The molecule has 3 heteroatoms. The van der Waals surface area contributed by atoms with E-state index in [-0.39, 0.29) is 18.0 Å². The van der Waals surface area contributed by atoms with Crippen LogP contribution in [-0.2, 0) is 0 Å². The van der Waals surface area contributed by atoms with Crippen molar-refractivity contribution in [2.75, 3.05) is 6.54 Å². The van der Waals surface area contributed by atoms with Crippen LogP contribution in [0.2, 0.25) is 0 Å². The van der Waals surface area contributed by atoms with E-state index in [1.807, 2.05) is 0 Å². The molecule has 0 amide bonds. The van der Waals surface area contributed by atoms with Crippen LogP contribution in [0, 0.1) is 17.7 Å². The molecule has 1 nitrogen and oxygen atoms in total. The molecule has 0 aromatic heterocycles. The molecule has 1 radical (unpaired) electrons. The van der Waals surface area contributed by atoms with E-state index in [0.29, 0.717) is 0 Å². The molecule has 0 aliphatic rings. The molecule has 1 aromatic carbocycles.